The van der Waals surface area contributed by atoms with Crippen molar-refractivity contribution in [2.45, 2.75) is 116 Å². The first-order chi connectivity index (χ1) is 25.5. The molecule has 0 bridgehead atoms. The molecule has 3 rings (SSSR count). The Balaban J connectivity index is 1.53. The monoisotopic (exact) mass is 754 g/mol. The minimum Gasteiger partial charge on any atom is -0.507 e. The molecule has 0 aromatic heterocycles. The molecule has 2 aromatic carbocycles. The van der Waals surface area contributed by atoms with Crippen LogP contribution in [0.1, 0.15) is 127 Å². The summed E-state index contributed by atoms with van der Waals surface area (Å²) < 4.78 is 17.1. The molecule has 1 atom stereocenters. The van der Waals surface area contributed by atoms with Gasteiger partial charge in [-0.15, -0.1) is 11.8 Å². The number of benzene rings is 2. The summed E-state index contributed by atoms with van der Waals surface area (Å²) in [5, 5.41) is 33.9. The molecule has 1 unspecified atom stereocenters. The van der Waals surface area contributed by atoms with Crippen LogP contribution in [0.15, 0.2) is 63.8 Å². The number of carbonyl (C=O) groups is 3. The Labute approximate surface area is 316 Å². The molecule has 0 aliphatic carbocycles. The molecule has 13 heteroatoms. The minimum atomic E-state index is -1.13. The third-order valence-corrected chi connectivity index (χ3v) is 9.99. The molecule has 0 radical (unpaired) electrons. The molecular weight excluding hydrogens is 701 g/mol. The lowest BCUT2D eigenvalue weighted by Crippen LogP contribution is -2.33. The quantitative estimate of drug-likeness (QED) is 0.0305. The van der Waals surface area contributed by atoms with E-state index in [1.165, 1.54) is 36.8 Å². The molecule has 1 heterocycles. The Morgan fingerprint density at radius 1 is 0.849 bits per heavy atom. The van der Waals surface area contributed by atoms with Crippen molar-refractivity contribution in [2.24, 2.45) is 0 Å². The maximum absolute atomic E-state index is 13.5. The first kappa shape index (κ1) is 42.9. The SMILES string of the molecule is CCCC1=C(C(=O)OCC)C(c2cc([N+](=O)[O-])ccc2OCCCCCCCCCCCCSc2ccc(O)c(C(=O)O)c2)C(C(=O)OCC)=C(C)N1. The summed E-state index contributed by atoms with van der Waals surface area (Å²) in [6, 6.07) is 8.97. The number of phenols is 1. The summed E-state index contributed by atoms with van der Waals surface area (Å²) in [5.74, 6) is -2.31. The van der Waals surface area contributed by atoms with Gasteiger partial charge in [0.2, 0.25) is 0 Å². The molecule has 3 N–H and O–H groups in total. The molecular formula is C40H54N2O10S. The number of allylic oxidation sites excluding steroid dienone is 2. The highest BCUT2D eigenvalue weighted by molar-refractivity contribution is 7.99. The Morgan fingerprint density at radius 2 is 1.45 bits per heavy atom. The maximum atomic E-state index is 13.5. The van der Waals surface area contributed by atoms with E-state index in [2.05, 4.69) is 5.32 Å². The van der Waals surface area contributed by atoms with Gasteiger partial charge in [-0.3, -0.25) is 10.1 Å². The number of ether oxygens (including phenoxy) is 3. The number of aromatic hydroxyl groups is 1. The van der Waals surface area contributed by atoms with Gasteiger partial charge in [-0.05, 0) is 70.1 Å². The van der Waals surface area contributed by atoms with Crippen LogP contribution < -0.4 is 10.1 Å². The zero-order valence-corrected chi connectivity index (χ0v) is 32.2. The highest BCUT2D eigenvalue weighted by Crippen LogP contribution is 2.45. The van der Waals surface area contributed by atoms with Gasteiger partial charge in [-0.25, -0.2) is 14.4 Å². The molecule has 0 amide bonds. The highest BCUT2D eigenvalue weighted by atomic mass is 32.2. The van der Waals surface area contributed by atoms with Crippen molar-refractivity contribution in [3.05, 3.63) is 80.2 Å². The zero-order valence-electron chi connectivity index (χ0n) is 31.4. The van der Waals surface area contributed by atoms with Crippen LogP contribution in [-0.4, -0.2) is 58.6 Å². The number of carboxylic acid groups (broad SMARTS) is 1. The summed E-state index contributed by atoms with van der Waals surface area (Å²) >= 11 is 1.60. The van der Waals surface area contributed by atoms with Gasteiger partial charge in [-0.2, -0.15) is 0 Å². The minimum absolute atomic E-state index is 0.0724. The fourth-order valence-electron chi connectivity index (χ4n) is 6.36. The molecule has 1 aliphatic rings. The number of thioether (sulfide) groups is 1. The lowest BCUT2D eigenvalue weighted by Gasteiger charge is -2.32. The first-order valence-electron chi connectivity index (χ1n) is 18.7. The zero-order chi connectivity index (χ0) is 38.8. The molecule has 1 aliphatic heterocycles. The number of carboxylic acids is 1. The predicted molar refractivity (Wildman–Crippen MR) is 204 cm³/mol. The van der Waals surface area contributed by atoms with Gasteiger partial charge in [0.25, 0.3) is 5.69 Å². The van der Waals surface area contributed by atoms with Crippen LogP contribution in [0.25, 0.3) is 0 Å². The Bertz CT molecular complexity index is 1640. The fourth-order valence-corrected chi connectivity index (χ4v) is 7.31. The highest BCUT2D eigenvalue weighted by Gasteiger charge is 2.40. The van der Waals surface area contributed by atoms with Crippen LogP contribution >= 0.6 is 11.8 Å². The maximum Gasteiger partial charge on any atom is 0.339 e. The third kappa shape index (κ3) is 12.8. The van der Waals surface area contributed by atoms with E-state index >= 15 is 0 Å². The van der Waals surface area contributed by atoms with Crippen LogP contribution in [0.2, 0.25) is 0 Å². The number of nitrogens with zero attached hydrogens (tertiary/aromatic N) is 1. The molecule has 0 saturated heterocycles. The molecule has 0 spiro atoms. The van der Waals surface area contributed by atoms with Crippen LogP contribution in [0.4, 0.5) is 5.69 Å². The van der Waals surface area contributed by atoms with E-state index in [9.17, 15) is 29.6 Å². The lowest BCUT2D eigenvalue weighted by atomic mass is 9.79. The molecule has 290 valence electrons. The predicted octanol–water partition coefficient (Wildman–Crippen LogP) is 9.21. The number of non-ortho nitro benzene ring substituents is 1. The number of carbonyl (C=O) groups excluding carboxylic acids is 2. The second-order valence-electron chi connectivity index (χ2n) is 12.9. The average molecular weight is 755 g/mol. The summed E-state index contributed by atoms with van der Waals surface area (Å²) in [6.07, 6.45) is 11.9. The summed E-state index contributed by atoms with van der Waals surface area (Å²) in [5.41, 5.74) is 1.59. The van der Waals surface area contributed by atoms with E-state index in [4.69, 9.17) is 19.3 Å². The largest absolute Gasteiger partial charge is 0.507 e. The van der Waals surface area contributed by atoms with Gasteiger partial charge >= 0.3 is 17.9 Å². The third-order valence-electron chi connectivity index (χ3n) is 8.91. The normalized spacial score (nSPS) is 14.2. The van der Waals surface area contributed by atoms with E-state index in [0.717, 1.165) is 68.4 Å². The number of rotatable bonds is 24. The van der Waals surface area contributed by atoms with Crippen molar-refractivity contribution in [3.63, 3.8) is 0 Å². The van der Waals surface area contributed by atoms with E-state index < -0.39 is 28.7 Å². The Morgan fingerprint density at radius 3 is 2.04 bits per heavy atom. The molecule has 12 nitrogen and oxygen atoms in total. The second-order valence-corrected chi connectivity index (χ2v) is 14.0. The second kappa shape index (κ2) is 22.5. The molecule has 0 fully saturated rings. The van der Waals surface area contributed by atoms with Gasteiger partial charge in [0, 0.05) is 34.0 Å². The number of hydrogen-bond donors (Lipinski definition) is 3. The van der Waals surface area contributed by atoms with Gasteiger partial charge in [-0.1, -0.05) is 64.7 Å². The Hall–Kier alpha value is -4.52. The van der Waals surface area contributed by atoms with Gasteiger partial charge in [0.15, 0.2) is 0 Å². The van der Waals surface area contributed by atoms with E-state index in [-0.39, 0.29) is 41.4 Å². The molecule has 0 saturated carbocycles. The number of nitro groups is 1. The fraction of sp³-hybridized carbons (Fsp3) is 0.525. The average Bonchev–Trinajstić information content (AvgIpc) is 3.12. The van der Waals surface area contributed by atoms with Crippen molar-refractivity contribution in [1.29, 1.82) is 0 Å². The molecule has 2 aromatic rings. The summed E-state index contributed by atoms with van der Waals surface area (Å²) in [7, 11) is 0. The first-order valence-corrected chi connectivity index (χ1v) is 19.7. The van der Waals surface area contributed by atoms with E-state index in [0.29, 0.717) is 42.2 Å². The Kier molecular flexibility index (Phi) is 18.2. The summed E-state index contributed by atoms with van der Waals surface area (Å²) in [4.78, 5) is 50.3. The van der Waals surface area contributed by atoms with Crippen LogP contribution in [0.3, 0.4) is 0 Å². The van der Waals surface area contributed by atoms with Gasteiger partial charge in [0.1, 0.15) is 17.1 Å². The van der Waals surface area contributed by atoms with Crippen LogP contribution in [-0.2, 0) is 19.1 Å². The van der Waals surface area contributed by atoms with Gasteiger partial charge in [0.05, 0.1) is 41.8 Å². The van der Waals surface area contributed by atoms with Crippen molar-refractivity contribution < 1.29 is 43.7 Å². The van der Waals surface area contributed by atoms with E-state index in [1.54, 1.807) is 38.6 Å². The topological polar surface area (TPSA) is 175 Å². The molecule has 53 heavy (non-hydrogen) atoms. The van der Waals surface area contributed by atoms with E-state index in [1.807, 2.05) is 6.92 Å². The van der Waals surface area contributed by atoms with Crippen molar-refractivity contribution >= 4 is 35.4 Å². The van der Waals surface area contributed by atoms with Crippen molar-refractivity contribution in [1.82, 2.24) is 5.32 Å². The van der Waals surface area contributed by atoms with Gasteiger partial charge < -0.3 is 29.7 Å². The standard InChI is InChI=1S/C40H54N2O10S/c1-5-18-32-37(40(47)51-7-3)36(35(27(4)41-32)39(46)50-6-2)31-25-28(42(48)49)19-22-34(31)52-23-16-14-12-10-8-9-11-13-15-17-24-53-29-20-21-33(43)30(26-29)38(44)45/h19-22,25-26,36,41,43H,5-18,23-24H2,1-4H3,(H,44,45). The number of aromatic carboxylic acids is 1. The number of unbranched alkanes of at least 4 members (excludes halogenated alkanes) is 9. The number of dihydropyridines is 1. The van der Waals surface area contributed by atoms with Crippen molar-refractivity contribution in [2.75, 3.05) is 25.6 Å². The van der Waals surface area contributed by atoms with Crippen LogP contribution in [0.5, 0.6) is 11.5 Å². The lowest BCUT2D eigenvalue weighted by molar-refractivity contribution is -0.384. The smallest absolute Gasteiger partial charge is 0.339 e. The number of hydrogen-bond acceptors (Lipinski definition) is 11. The number of nitro benzene ring substituents is 1. The number of esters is 2. The van der Waals surface area contributed by atoms with Crippen LogP contribution in [0, 0.1) is 10.1 Å². The number of nitrogens with one attached hydrogen (secondary N) is 1. The van der Waals surface area contributed by atoms with Crippen molar-refractivity contribution in [3.8, 4) is 11.5 Å². The summed E-state index contributed by atoms with van der Waals surface area (Å²) in [6.45, 7) is 7.69.